The van der Waals surface area contributed by atoms with E-state index in [1.54, 1.807) is 37.5 Å². The number of aromatic nitrogens is 4. The molecule has 0 aliphatic heterocycles. The molecule has 3 aromatic rings. The van der Waals surface area contributed by atoms with Crippen LogP contribution in [0.25, 0.3) is 11.4 Å². The third-order valence-electron chi connectivity index (χ3n) is 3.34. The minimum atomic E-state index is 0.389. The lowest BCUT2D eigenvalue weighted by Crippen LogP contribution is -1.97. The van der Waals surface area contributed by atoms with E-state index in [9.17, 15) is 0 Å². The van der Waals surface area contributed by atoms with Crippen LogP contribution in [-0.2, 0) is 0 Å². The standard InChI is InChI=1S/C16H15N5O2S/c1-22-13-3-4-14(23-2)12(9-13)10-18-21-15(19-20-16(21)24)11-5-7-17-8-6-11/h3-10H,1-2H3,(H,20,24)/b18-10-. The Hall–Kier alpha value is -3.00. The summed E-state index contributed by atoms with van der Waals surface area (Å²) in [6.07, 6.45) is 5.02. The first-order chi connectivity index (χ1) is 11.7. The molecular formula is C16H15N5O2S. The monoisotopic (exact) mass is 341 g/mol. The molecule has 2 heterocycles. The Morgan fingerprint density at radius 3 is 2.67 bits per heavy atom. The summed E-state index contributed by atoms with van der Waals surface area (Å²) in [4.78, 5) is 4.00. The van der Waals surface area contributed by atoms with Gasteiger partial charge in [-0.25, -0.2) is 5.10 Å². The van der Waals surface area contributed by atoms with Gasteiger partial charge in [-0.15, -0.1) is 0 Å². The largest absolute Gasteiger partial charge is 0.497 e. The zero-order chi connectivity index (χ0) is 16.9. The van der Waals surface area contributed by atoms with Crippen molar-refractivity contribution in [1.29, 1.82) is 0 Å². The number of hydrogen-bond acceptors (Lipinski definition) is 6. The van der Waals surface area contributed by atoms with Crippen molar-refractivity contribution >= 4 is 18.4 Å². The van der Waals surface area contributed by atoms with Gasteiger partial charge in [0.05, 0.1) is 20.4 Å². The lowest BCUT2D eigenvalue weighted by Gasteiger charge is -2.07. The molecule has 1 aromatic carbocycles. The van der Waals surface area contributed by atoms with E-state index in [1.807, 2.05) is 30.3 Å². The number of hydrogen-bond donors (Lipinski definition) is 1. The number of benzene rings is 1. The fourth-order valence-electron chi connectivity index (χ4n) is 2.15. The smallest absolute Gasteiger partial charge is 0.216 e. The highest BCUT2D eigenvalue weighted by atomic mass is 32.1. The second kappa shape index (κ2) is 7.05. The van der Waals surface area contributed by atoms with Crippen LogP contribution >= 0.6 is 12.2 Å². The SMILES string of the molecule is COc1ccc(OC)c(/C=N\n2c(-c3ccncc3)n[nH]c2=S)c1. The highest BCUT2D eigenvalue weighted by Crippen LogP contribution is 2.23. The van der Waals surface area contributed by atoms with Crippen LogP contribution in [0.1, 0.15) is 5.56 Å². The van der Waals surface area contributed by atoms with Crippen LogP contribution in [0.4, 0.5) is 0 Å². The van der Waals surface area contributed by atoms with Crippen LogP contribution < -0.4 is 9.47 Å². The number of nitrogens with one attached hydrogen (secondary N) is 1. The number of ether oxygens (including phenoxy) is 2. The molecule has 0 bridgehead atoms. The predicted molar refractivity (Wildman–Crippen MR) is 93.2 cm³/mol. The first-order valence-electron chi connectivity index (χ1n) is 7.07. The molecule has 3 rings (SSSR count). The van der Waals surface area contributed by atoms with Gasteiger partial charge in [0.15, 0.2) is 5.82 Å². The summed E-state index contributed by atoms with van der Waals surface area (Å²) in [7, 11) is 3.21. The molecule has 0 aliphatic carbocycles. The third-order valence-corrected chi connectivity index (χ3v) is 3.60. The summed E-state index contributed by atoms with van der Waals surface area (Å²) in [5, 5.41) is 11.4. The fourth-order valence-corrected chi connectivity index (χ4v) is 2.33. The average molecular weight is 341 g/mol. The molecular weight excluding hydrogens is 326 g/mol. The van der Waals surface area contributed by atoms with E-state index in [1.165, 1.54) is 0 Å². The van der Waals surface area contributed by atoms with Crippen molar-refractivity contribution in [3.8, 4) is 22.9 Å². The zero-order valence-corrected chi connectivity index (χ0v) is 13.9. The molecule has 0 radical (unpaired) electrons. The first kappa shape index (κ1) is 15.9. The summed E-state index contributed by atoms with van der Waals surface area (Å²) in [6, 6.07) is 9.14. The average Bonchev–Trinajstić information content (AvgIpc) is 3.01. The number of methoxy groups -OCH3 is 2. The van der Waals surface area contributed by atoms with E-state index in [0.29, 0.717) is 22.1 Å². The number of pyridine rings is 1. The fraction of sp³-hybridized carbons (Fsp3) is 0.125. The summed E-state index contributed by atoms with van der Waals surface area (Å²) in [5.74, 6) is 1.99. The van der Waals surface area contributed by atoms with E-state index in [-0.39, 0.29) is 0 Å². The zero-order valence-electron chi connectivity index (χ0n) is 13.1. The molecule has 122 valence electrons. The maximum absolute atomic E-state index is 5.35. The van der Waals surface area contributed by atoms with Crippen LogP contribution in [0.5, 0.6) is 11.5 Å². The van der Waals surface area contributed by atoms with Gasteiger partial charge in [-0.05, 0) is 42.5 Å². The van der Waals surface area contributed by atoms with Crippen LogP contribution in [0.15, 0.2) is 47.8 Å². The molecule has 7 nitrogen and oxygen atoms in total. The van der Waals surface area contributed by atoms with Crippen LogP contribution in [0, 0.1) is 4.77 Å². The molecule has 0 unspecified atom stereocenters. The second-order valence-corrected chi connectivity index (χ2v) is 5.14. The molecule has 1 N–H and O–H groups in total. The van der Waals surface area contributed by atoms with Gasteiger partial charge in [0.25, 0.3) is 0 Å². The van der Waals surface area contributed by atoms with E-state index in [4.69, 9.17) is 21.7 Å². The normalized spacial score (nSPS) is 10.9. The number of H-pyrrole nitrogens is 1. The highest BCUT2D eigenvalue weighted by molar-refractivity contribution is 7.71. The van der Waals surface area contributed by atoms with E-state index < -0.39 is 0 Å². The molecule has 2 aromatic heterocycles. The maximum atomic E-state index is 5.35. The summed E-state index contributed by atoms with van der Waals surface area (Å²) in [6.45, 7) is 0. The van der Waals surface area contributed by atoms with Crippen molar-refractivity contribution in [2.75, 3.05) is 14.2 Å². The van der Waals surface area contributed by atoms with Gasteiger partial charge >= 0.3 is 0 Å². The molecule has 0 amide bonds. The Kier molecular flexibility index (Phi) is 4.66. The number of nitrogens with zero attached hydrogens (tertiary/aromatic N) is 4. The minimum absolute atomic E-state index is 0.389. The van der Waals surface area contributed by atoms with E-state index >= 15 is 0 Å². The summed E-state index contributed by atoms with van der Waals surface area (Å²) in [5.41, 5.74) is 1.62. The molecule has 0 atom stereocenters. The Balaban J connectivity index is 2.02. The number of aromatic amines is 1. The molecule has 0 saturated heterocycles. The molecule has 0 fully saturated rings. The Bertz CT molecular complexity index is 918. The Morgan fingerprint density at radius 2 is 1.96 bits per heavy atom. The molecule has 24 heavy (non-hydrogen) atoms. The topological polar surface area (TPSA) is 77.3 Å². The van der Waals surface area contributed by atoms with Crippen molar-refractivity contribution in [1.82, 2.24) is 19.9 Å². The van der Waals surface area contributed by atoms with Crippen molar-refractivity contribution < 1.29 is 9.47 Å². The highest BCUT2D eigenvalue weighted by Gasteiger charge is 2.08. The van der Waals surface area contributed by atoms with Crippen LogP contribution in [-0.4, -0.2) is 40.3 Å². The summed E-state index contributed by atoms with van der Waals surface area (Å²) >= 11 is 5.26. The van der Waals surface area contributed by atoms with Crippen LogP contribution in [0.2, 0.25) is 0 Å². The Morgan fingerprint density at radius 1 is 1.17 bits per heavy atom. The van der Waals surface area contributed by atoms with Gasteiger partial charge in [0.2, 0.25) is 4.77 Å². The molecule has 0 saturated carbocycles. The molecule has 0 spiro atoms. The van der Waals surface area contributed by atoms with Crippen LogP contribution in [0.3, 0.4) is 0 Å². The summed E-state index contributed by atoms with van der Waals surface area (Å²) < 4.78 is 12.5. The molecule has 0 aliphatic rings. The lowest BCUT2D eigenvalue weighted by molar-refractivity contribution is 0.402. The molecule has 8 heteroatoms. The Labute approximate surface area is 143 Å². The van der Waals surface area contributed by atoms with Crippen molar-refractivity contribution in [2.45, 2.75) is 0 Å². The van der Waals surface area contributed by atoms with Gasteiger partial charge in [0, 0.05) is 23.5 Å². The van der Waals surface area contributed by atoms with E-state index in [0.717, 1.165) is 11.1 Å². The lowest BCUT2D eigenvalue weighted by atomic mass is 10.2. The predicted octanol–water partition coefficient (Wildman–Crippen LogP) is 2.90. The van der Waals surface area contributed by atoms with Gasteiger partial charge in [-0.1, -0.05) is 0 Å². The second-order valence-electron chi connectivity index (χ2n) is 4.75. The number of rotatable bonds is 5. The minimum Gasteiger partial charge on any atom is -0.497 e. The van der Waals surface area contributed by atoms with Crippen molar-refractivity contribution in [3.63, 3.8) is 0 Å². The quantitative estimate of drug-likeness (QED) is 0.570. The van der Waals surface area contributed by atoms with Crippen molar-refractivity contribution in [3.05, 3.63) is 53.1 Å². The third kappa shape index (κ3) is 3.18. The van der Waals surface area contributed by atoms with Crippen molar-refractivity contribution in [2.24, 2.45) is 5.10 Å². The maximum Gasteiger partial charge on any atom is 0.216 e. The van der Waals surface area contributed by atoms with Gasteiger partial charge in [-0.3, -0.25) is 4.98 Å². The van der Waals surface area contributed by atoms with Gasteiger partial charge in [0.1, 0.15) is 11.5 Å². The first-order valence-corrected chi connectivity index (χ1v) is 7.48. The van der Waals surface area contributed by atoms with E-state index in [2.05, 4.69) is 20.3 Å². The van der Waals surface area contributed by atoms with Gasteiger partial charge in [-0.2, -0.15) is 14.9 Å². The van der Waals surface area contributed by atoms with Gasteiger partial charge < -0.3 is 9.47 Å².